The van der Waals surface area contributed by atoms with Crippen molar-refractivity contribution in [3.8, 4) is 5.75 Å². The second-order valence-corrected chi connectivity index (χ2v) is 10.1. The number of aromatic hydroxyl groups is 1. The molecule has 174 valence electrons. The Morgan fingerprint density at radius 1 is 1.06 bits per heavy atom. The van der Waals surface area contributed by atoms with Gasteiger partial charge in [-0.3, -0.25) is 4.79 Å². The summed E-state index contributed by atoms with van der Waals surface area (Å²) in [5.74, 6) is 0.228. The van der Waals surface area contributed by atoms with Crippen LogP contribution in [0.3, 0.4) is 0 Å². The highest BCUT2D eigenvalue weighted by atomic mass is 32.2. The number of aromatic nitrogens is 2. The van der Waals surface area contributed by atoms with Crippen LogP contribution in [0.2, 0.25) is 0 Å². The number of likely N-dealkylation sites (tertiary alicyclic amines) is 1. The number of carbonyl (C=O) groups excluding carboxylic acids is 1. The molecule has 0 saturated carbocycles. The van der Waals surface area contributed by atoms with Gasteiger partial charge in [-0.25, -0.2) is 0 Å². The molecule has 1 amide bonds. The average molecular weight is 468 g/mol. The molecule has 0 bridgehead atoms. The van der Waals surface area contributed by atoms with E-state index in [1.165, 1.54) is 0 Å². The van der Waals surface area contributed by atoms with Gasteiger partial charge in [-0.15, -0.1) is 0 Å². The Bertz CT molecular complexity index is 1120. The van der Waals surface area contributed by atoms with Crippen LogP contribution in [-0.2, 0) is 0 Å². The van der Waals surface area contributed by atoms with E-state index in [4.69, 9.17) is 0 Å². The fraction of sp³-hybridized carbons (Fsp3) is 0.375. The van der Waals surface area contributed by atoms with Crippen LogP contribution in [0.25, 0.3) is 0 Å². The van der Waals surface area contributed by atoms with E-state index in [2.05, 4.69) is 40.2 Å². The van der Waals surface area contributed by atoms with Crippen LogP contribution in [-0.4, -0.2) is 42.3 Å². The predicted molar refractivity (Wildman–Crippen MR) is 129 cm³/mol. The van der Waals surface area contributed by atoms with E-state index in [0.717, 1.165) is 18.4 Å². The first kappa shape index (κ1) is 23.0. The maximum absolute atomic E-state index is 12.8. The SMILES string of the molecule is CC(C)(C)C(Nc1n[s+]([O-])nc1Nc1cccc(C(=O)N2CCCC2)c1O)c1ccccc1. The van der Waals surface area contributed by atoms with Gasteiger partial charge in [0.15, 0.2) is 16.9 Å². The van der Waals surface area contributed by atoms with Gasteiger partial charge in [0.25, 0.3) is 5.91 Å². The van der Waals surface area contributed by atoms with Crippen molar-refractivity contribution in [3.05, 3.63) is 59.7 Å². The van der Waals surface area contributed by atoms with Gasteiger partial charge in [0, 0.05) is 21.8 Å². The van der Waals surface area contributed by atoms with Crippen molar-refractivity contribution in [2.75, 3.05) is 23.7 Å². The lowest BCUT2D eigenvalue weighted by Crippen LogP contribution is -2.27. The molecule has 8 nitrogen and oxygen atoms in total. The molecule has 9 heteroatoms. The standard InChI is InChI=1S/C24H29N5O3S/c1-24(2,3)20(16-10-5-4-6-11-16)26-22-21(27-33(32)28-22)25-18-13-9-12-17(19(18)30)23(31)29-14-7-8-15-29/h4-6,9-13,20,30H,7-8,14-15H2,1-3H3,(H,25,27)(H,26,28). The quantitative estimate of drug-likeness (QED) is 0.342. The Kier molecular flexibility index (Phi) is 6.53. The molecular formula is C24H29N5O3S. The maximum Gasteiger partial charge on any atom is 0.257 e. The van der Waals surface area contributed by atoms with Crippen molar-refractivity contribution in [1.82, 2.24) is 13.6 Å². The number of phenolic OH excluding ortho intramolecular Hbond substituents is 1. The summed E-state index contributed by atoms with van der Waals surface area (Å²) in [5, 5.41) is 17.2. The van der Waals surface area contributed by atoms with Crippen molar-refractivity contribution in [3.63, 3.8) is 0 Å². The number of para-hydroxylation sites is 1. The predicted octanol–water partition coefficient (Wildman–Crippen LogP) is 5.09. The third kappa shape index (κ3) is 5.09. The molecule has 3 N–H and O–H groups in total. The molecular weight excluding hydrogens is 438 g/mol. The van der Waals surface area contributed by atoms with E-state index in [0.29, 0.717) is 24.6 Å². The molecule has 2 unspecified atom stereocenters. The van der Waals surface area contributed by atoms with Gasteiger partial charge in [-0.2, -0.15) is 0 Å². The molecule has 1 fully saturated rings. The van der Waals surface area contributed by atoms with Crippen LogP contribution in [0.1, 0.15) is 55.6 Å². The zero-order chi connectivity index (χ0) is 23.6. The summed E-state index contributed by atoms with van der Waals surface area (Å²) >= 11 is -1.78. The summed E-state index contributed by atoms with van der Waals surface area (Å²) in [6, 6.07) is 14.8. The van der Waals surface area contributed by atoms with Gasteiger partial charge in [0.1, 0.15) is 0 Å². The van der Waals surface area contributed by atoms with Gasteiger partial charge < -0.3 is 25.2 Å². The molecule has 2 heterocycles. The largest absolute Gasteiger partial charge is 0.546 e. The lowest BCUT2D eigenvalue weighted by atomic mass is 9.82. The Labute approximate surface area is 196 Å². The Hall–Kier alpha value is -3.17. The molecule has 0 aliphatic carbocycles. The van der Waals surface area contributed by atoms with Crippen molar-refractivity contribution in [2.45, 2.75) is 39.7 Å². The highest BCUT2D eigenvalue weighted by Gasteiger charge is 2.30. The second-order valence-electron chi connectivity index (χ2n) is 9.29. The van der Waals surface area contributed by atoms with Crippen molar-refractivity contribution in [1.29, 1.82) is 0 Å². The zero-order valence-electron chi connectivity index (χ0n) is 19.0. The highest BCUT2D eigenvalue weighted by Crippen LogP contribution is 2.39. The fourth-order valence-corrected chi connectivity index (χ4v) is 4.68. The van der Waals surface area contributed by atoms with E-state index in [-0.39, 0.29) is 34.5 Å². The zero-order valence-corrected chi connectivity index (χ0v) is 19.9. The minimum atomic E-state index is -1.78. The number of hydrogen-bond acceptors (Lipinski definition) is 7. The number of benzene rings is 2. The number of rotatable bonds is 6. The topological polar surface area (TPSA) is 113 Å². The van der Waals surface area contributed by atoms with E-state index in [1.807, 2.05) is 30.3 Å². The van der Waals surface area contributed by atoms with Crippen molar-refractivity contribution in [2.24, 2.45) is 5.41 Å². The molecule has 1 aliphatic rings. The number of amides is 1. The van der Waals surface area contributed by atoms with Crippen LogP contribution in [0.4, 0.5) is 17.3 Å². The molecule has 2 aromatic carbocycles. The number of nitrogens with zero attached hydrogens (tertiary/aromatic N) is 3. The van der Waals surface area contributed by atoms with Crippen LogP contribution in [0.5, 0.6) is 5.75 Å². The monoisotopic (exact) mass is 467 g/mol. The lowest BCUT2D eigenvalue weighted by molar-refractivity contribution is 0.0790. The highest BCUT2D eigenvalue weighted by molar-refractivity contribution is 7.14. The summed E-state index contributed by atoms with van der Waals surface area (Å²) in [6.07, 6.45) is 1.93. The van der Waals surface area contributed by atoms with E-state index in [1.54, 1.807) is 23.1 Å². The minimum Gasteiger partial charge on any atom is -0.546 e. The number of phenols is 1. The van der Waals surface area contributed by atoms with Crippen LogP contribution in [0.15, 0.2) is 48.5 Å². The second kappa shape index (κ2) is 9.36. The van der Waals surface area contributed by atoms with Gasteiger partial charge in [0.2, 0.25) is 11.6 Å². The first-order valence-electron chi connectivity index (χ1n) is 11.0. The summed E-state index contributed by atoms with van der Waals surface area (Å²) < 4.78 is 20.4. The van der Waals surface area contributed by atoms with Crippen molar-refractivity contribution >= 4 is 34.4 Å². The Morgan fingerprint density at radius 2 is 1.73 bits per heavy atom. The molecule has 0 radical (unpaired) electrons. The molecule has 2 atom stereocenters. The summed E-state index contributed by atoms with van der Waals surface area (Å²) in [4.78, 5) is 14.5. The molecule has 33 heavy (non-hydrogen) atoms. The average Bonchev–Trinajstić information content (AvgIpc) is 3.43. The fourth-order valence-electron chi connectivity index (χ4n) is 4.06. The number of carbonyl (C=O) groups is 1. The van der Waals surface area contributed by atoms with Crippen LogP contribution >= 0.6 is 11.1 Å². The lowest BCUT2D eigenvalue weighted by Gasteiger charge is -2.31. The van der Waals surface area contributed by atoms with Gasteiger partial charge in [0.05, 0.1) is 17.3 Å². The summed E-state index contributed by atoms with van der Waals surface area (Å²) in [5.41, 5.74) is 1.42. The smallest absolute Gasteiger partial charge is 0.257 e. The third-order valence-electron chi connectivity index (χ3n) is 5.76. The molecule has 4 rings (SSSR count). The van der Waals surface area contributed by atoms with Gasteiger partial charge in [-0.1, -0.05) is 57.2 Å². The summed E-state index contributed by atoms with van der Waals surface area (Å²) in [6.45, 7) is 7.70. The van der Waals surface area contributed by atoms with E-state index >= 15 is 0 Å². The van der Waals surface area contributed by atoms with Crippen LogP contribution < -0.4 is 10.6 Å². The van der Waals surface area contributed by atoms with Crippen molar-refractivity contribution < 1.29 is 14.5 Å². The van der Waals surface area contributed by atoms with E-state index < -0.39 is 11.1 Å². The normalized spacial score (nSPS) is 15.4. The molecule has 1 aliphatic heterocycles. The first-order chi connectivity index (χ1) is 15.7. The van der Waals surface area contributed by atoms with Crippen LogP contribution in [0, 0.1) is 5.41 Å². The summed E-state index contributed by atoms with van der Waals surface area (Å²) in [7, 11) is 0. The minimum absolute atomic E-state index is 0.128. The molecule has 1 saturated heterocycles. The number of nitrogens with one attached hydrogen (secondary N) is 2. The van der Waals surface area contributed by atoms with Gasteiger partial charge >= 0.3 is 0 Å². The number of hydrogen-bond donors (Lipinski definition) is 3. The first-order valence-corrected chi connectivity index (χ1v) is 12.1. The Morgan fingerprint density at radius 3 is 2.39 bits per heavy atom. The maximum atomic E-state index is 12.8. The Balaban J connectivity index is 1.62. The third-order valence-corrected chi connectivity index (χ3v) is 6.43. The molecule has 3 aromatic rings. The van der Waals surface area contributed by atoms with Gasteiger partial charge in [-0.05, 0) is 36.0 Å². The molecule has 1 aromatic heterocycles. The molecule has 0 spiro atoms. The van der Waals surface area contributed by atoms with E-state index in [9.17, 15) is 14.5 Å². The number of anilines is 3.